The maximum absolute atomic E-state index is 6.29. The molecule has 0 unspecified atom stereocenters. The van der Waals surface area contributed by atoms with Gasteiger partial charge >= 0.3 is 0 Å². The van der Waals surface area contributed by atoms with E-state index in [2.05, 4.69) is 10.3 Å². The van der Waals surface area contributed by atoms with Gasteiger partial charge in [-0.2, -0.15) is 0 Å². The molecule has 0 aliphatic rings. The molecule has 0 aliphatic heterocycles. The molecule has 0 radical (unpaired) electrons. The van der Waals surface area contributed by atoms with E-state index in [-0.39, 0.29) is 6.10 Å². The van der Waals surface area contributed by atoms with Gasteiger partial charge in [-0.05, 0) is 32.4 Å². The molecule has 0 bridgehead atoms. The maximum atomic E-state index is 6.29. The van der Waals surface area contributed by atoms with Crippen LogP contribution in [0.25, 0.3) is 10.2 Å². The fourth-order valence-corrected chi connectivity index (χ4v) is 2.78. The third kappa shape index (κ3) is 2.33. The van der Waals surface area contributed by atoms with E-state index in [1.165, 1.54) is 0 Å². The molecule has 2 aromatic rings. The number of aromatic nitrogens is 1. The van der Waals surface area contributed by atoms with Crippen LogP contribution in [0.1, 0.15) is 19.4 Å². The number of ether oxygens (including phenoxy) is 1. The fraction of sp³-hybridized carbons (Fsp3) is 0.417. The van der Waals surface area contributed by atoms with Gasteiger partial charge in [0, 0.05) is 7.05 Å². The molecule has 1 N–H and O–H groups in total. The maximum Gasteiger partial charge on any atom is 0.183 e. The molecule has 1 heterocycles. The summed E-state index contributed by atoms with van der Waals surface area (Å²) >= 11 is 7.84. The molecule has 2 rings (SSSR count). The molecule has 1 aromatic heterocycles. The summed E-state index contributed by atoms with van der Waals surface area (Å²) in [6.07, 6.45) is 0.124. The molecule has 0 fully saturated rings. The highest BCUT2D eigenvalue weighted by Gasteiger charge is 2.15. The van der Waals surface area contributed by atoms with Crippen molar-refractivity contribution in [3.05, 3.63) is 16.7 Å². The van der Waals surface area contributed by atoms with Crippen molar-refractivity contribution in [2.45, 2.75) is 26.9 Å². The number of hydrogen-bond donors (Lipinski definition) is 1. The molecule has 0 spiro atoms. The van der Waals surface area contributed by atoms with Gasteiger partial charge in [-0.15, -0.1) is 0 Å². The van der Waals surface area contributed by atoms with Gasteiger partial charge in [-0.3, -0.25) is 0 Å². The average molecular weight is 271 g/mol. The van der Waals surface area contributed by atoms with E-state index in [1.54, 1.807) is 11.3 Å². The Hall–Kier alpha value is -1.000. The number of anilines is 1. The monoisotopic (exact) mass is 270 g/mol. The summed E-state index contributed by atoms with van der Waals surface area (Å²) in [4.78, 5) is 4.48. The van der Waals surface area contributed by atoms with Crippen LogP contribution in [-0.2, 0) is 0 Å². The van der Waals surface area contributed by atoms with Crippen LogP contribution in [0.4, 0.5) is 5.13 Å². The first-order valence-corrected chi connectivity index (χ1v) is 6.66. The molecule has 0 saturated heterocycles. The number of nitrogens with zero attached hydrogens (tertiary/aromatic N) is 1. The third-order valence-corrected chi connectivity index (χ3v) is 4.02. The first kappa shape index (κ1) is 12.5. The summed E-state index contributed by atoms with van der Waals surface area (Å²) in [5.74, 6) is 0.801. The number of benzene rings is 1. The van der Waals surface area contributed by atoms with Crippen molar-refractivity contribution in [2.75, 3.05) is 12.4 Å². The van der Waals surface area contributed by atoms with E-state index < -0.39 is 0 Å². The van der Waals surface area contributed by atoms with Crippen LogP contribution < -0.4 is 10.1 Å². The van der Waals surface area contributed by atoms with E-state index >= 15 is 0 Å². The van der Waals surface area contributed by atoms with Gasteiger partial charge in [-0.25, -0.2) is 4.98 Å². The summed E-state index contributed by atoms with van der Waals surface area (Å²) < 4.78 is 6.76. The Morgan fingerprint density at radius 3 is 2.76 bits per heavy atom. The van der Waals surface area contributed by atoms with Crippen molar-refractivity contribution >= 4 is 38.3 Å². The quantitative estimate of drug-likeness (QED) is 0.912. The summed E-state index contributed by atoms with van der Waals surface area (Å²) in [6, 6.07) is 1.95. The highest BCUT2D eigenvalue weighted by molar-refractivity contribution is 7.22. The Bertz CT molecular complexity index is 551. The van der Waals surface area contributed by atoms with E-state index in [1.807, 2.05) is 33.9 Å². The van der Waals surface area contributed by atoms with Crippen molar-refractivity contribution in [2.24, 2.45) is 0 Å². The minimum absolute atomic E-state index is 0.124. The molecule has 1 aromatic carbocycles. The van der Waals surface area contributed by atoms with Gasteiger partial charge in [0.2, 0.25) is 0 Å². The number of nitrogens with one attached hydrogen (secondary N) is 1. The zero-order valence-corrected chi connectivity index (χ0v) is 11.9. The van der Waals surface area contributed by atoms with Gasteiger partial charge < -0.3 is 10.1 Å². The topological polar surface area (TPSA) is 34.2 Å². The predicted molar refractivity (Wildman–Crippen MR) is 74.7 cm³/mol. The lowest BCUT2D eigenvalue weighted by molar-refractivity contribution is 0.245. The van der Waals surface area contributed by atoms with E-state index in [4.69, 9.17) is 16.3 Å². The first-order chi connectivity index (χ1) is 8.02. The Morgan fingerprint density at radius 1 is 1.47 bits per heavy atom. The second kappa shape index (κ2) is 4.70. The number of rotatable bonds is 3. The Kier molecular flexibility index (Phi) is 3.45. The van der Waals surface area contributed by atoms with Crippen LogP contribution in [-0.4, -0.2) is 18.1 Å². The van der Waals surface area contributed by atoms with Gasteiger partial charge in [0.25, 0.3) is 0 Å². The lowest BCUT2D eigenvalue weighted by Crippen LogP contribution is -2.06. The molecule has 0 saturated carbocycles. The average Bonchev–Trinajstić information content (AvgIpc) is 2.69. The molecule has 0 amide bonds. The van der Waals surface area contributed by atoms with Crippen molar-refractivity contribution < 1.29 is 4.74 Å². The van der Waals surface area contributed by atoms with Crippen molar-refractivity contribution in [3.63, 3.8) is 0 Å². The lowest BCUT2D eigenvalue weighted by Gasteiger charge is -2.11. The predicted octanol–water partition coefficient (Wildman–Crippen LogP) is 4.09. The molecule has 92 valence electrons. The normalized spacial score (nSPS) is 11.2. The van der Waals surface area contributed by atoms with Gasteiger partial charge in [0.1, 0.15) is 11.3 Å². The number of aryl methyl sites for hydroxylation is 1. The highest BCUT2D eigenvalue weighted by Crippen LogP contribution is 2.39. The smallest absolute Gasteiger partial charge is 0.183 e. The standard InChI is InChI=1S/C12H15ClN2OS/c1-6(2)16-8-5-7(3)9(13)11-10(8)15-12(14-4)17-11/h5-6H,1-4H3,(H,14,15). The molecule has 0 atom stereocenters. The molecule has 0 aliphatic carbocycles. The van der Waals surface area contributed by atoms with Crippen molar-refractivity contribution in [3.8, 4) is 5.75 Å². The first-order valence-electron chi connectivity index (χ1n) is 5.47. The van der Waals surface area contributed by atoms with Crippen molar-refractivity contribution in [1.82, 2.24) is 4.98 Å². The largest absolute Gasteiger partial charge is 0.489 e. The number of halogens is 1. The van der Waals surface area contributed by atoms with E-state index in [9.17, 15) is 0 Å². The van der Waals surface area contributed by atoms with Crippen LogP contribution in [0, 0.1) is 6.92 Å². The van der Waals surface area contributed by atoms with Crippen molar-refractivity contribution in [1.29, 1.82) is 0 Å². The summed E-state index contributed by atoms with van der Waals surface area (Å²) in [6.45, 7) is 5.98. The minimum Gasteiger partial charge on any atom is -0.489 e. The summed E-state index contributed by atoms with van der Waals surface area (Å²) in [5, 5.41) is 4.64. The lowest BCUT2D eigenvalue weighted by atomic mass is 10.2. The van der Waals surface area contributed by atoms with Crippen LogP contribution in [0.15, 0.2) is 6.07 Å². The Labute approximate surface area is 110 Å². The summed E-state index contributed by atoms with van der Waals surface area (Å²) in [5.41, 5.74) is 1.85. The zero-order valence-electron chi connectivity index (χ0n) is 10.3. The Morgan fingerprint density at radius 2 is 2.18 bits per heavy atom. The SMILES string of the molecule is CNc1nc2c(OC(C)C)cc(C)c(Cl)c2s1. The second-order valence-corrected chi connectivity index (χ2v) is 5.50. The highest BCUT2D eigenvalue weighted by atomic mass is 35.5. The summed E-state index contributed by atoms with van der Waals surface area (Å²) in [7, 11) is 1.85. The van der Waals surface area contributed by atoms with Gasteiger partial charge in [-0.1, -0.05) is 22.9 Å². The molecular formula is C12H15ClN2OS. The number of fused-ring (bicyclic) bond motifs is 1. The van der Waals surface area contributed by atoms with Gasteiger partial charge in [0.05, 0.1) is 15.8 Å². The fourth-order valence-electron chi connectivity index (χ4n) is 1.59. The van der Waals surface area contributed by atoms with Crippen LogP contribution in [0.5, 0.6) is 5.75 Å². The van der Waals surface area contributed by atoms with Crippen LogP contribution in [0.3, 0.4) is 0 Å². The van der Waals surface area contributed by atoms with E-state index in [0.717, 1.165) is 31.7 Å². The molecule has 5 heteroatoms. The Balaban J connectivity index is 2.66. The van der Waals surface area contributed by atoms with E-state index in [0.29, 0.717) is 0 Å². The zero-order chi connectivity index (χ0) is 12.6. The molecular weight excluding hydrogens is 256 g/mol. The molecule has 17 heavy (non-hydrogen) atoms. The minimum atomic E-state index is 0.124. The third-order valence-electron chi connectivity index (χ3n) is 2.33. The molecule has 3 nitrogen and oxygen atoms in total. The van der Waals surface area contributed by atoms with Crippen LogP contribution in [0.2, 0.25) is 5.02 Å². The second-order valence-electron chi connectivity index (χ2n) is 4.12. The number of hydrogen-bond acceptors (Lipinski definition) is 4. The number of thiazole rings is 1. The van der Waals surface area contributed by atoms with Crippen LogP contribution >= 0.6 is 22.9 Å². The van der Waals surface area contributed by atoms with Gasteiger partial charge in [0.15, 0.2) is 5.13 Å².